The van der Waals surface area contributed by atoms with Gasteiger partial charge < -0.3 is 4.90 Å². The van der Waals surface area contributed by atoms with Gasteiger partial charge in [-0.2, -0.15) is 0 Å². The molecule has 0 aliphatic heterocycles. The molecule has 57 heavy (non-hydrogen) atoms. The van der Waals surface area contributed by atoms with E-state index >= 15 is 0 Å². The summed E-state index contributed by atoms with van der Waals surface area (Å²) in [5.74, 6) is 1.80. The lowest BCUT2D eigenvalue weighted by Crippen LogP contribution is -2.13. The van der Waals surface area contributed by atoms with E-state index < -0.39 is 0 Å². The average molecular weight is 740 g/mol. The number of fused-ring (bicyclic) bond motifs is 1. The molecule has 6 aromatic carbocycles. The highest BCUT2D eigenvalue weighted by Crippen LogP contribution is 2.46. The average Bonchev–Trinajstić information content (AvgIpc) is 3.75. The number of pyridine rings is 1. The van der Waals surface area contributed by atoms with Crippen LogP contribution in [0.1, 0.15) is 37.7 Å². The Labute approximate surface area is 335 Å². The summed E-state index contributed by atoms with van der Waals surface area (Å²) in [5.41, 5.74) is 14.2. The molecule has 5 nitrogen and oxygen atoms in total. The normalized spacial score (nSPS) is 11.6. The van der Waals surface area contributed by atoms with Gasteiger partial charge in [0.2, 0.25) is 0 Å². The minimum Gasteiger partial charge on any atom is -0.310 e. The van der Waals surface area contributed by atoms with E-state index in [0.29, 0.717) is 0 Å². The maximum atomic E-state index is 5.12. The molecule has 0 bridgehead atoms. The molecular weight excluding hydrogens is 695 g/mol. The topological polar surface area (TPSA) is 38.9 Å². The fourth-order valence-electron chi connectivity index (χ4n) is 7.93. The quantitative estimate of drug-likeness (QED) is 0.156. The number of hydrogen-bond donors (Lipinski definition) is 0. The van der Waals surface area contributed by atoms with Crippen molar-refractivity contribution in [3.8, 4) is 45.3 Å². The maximum absolute atomic E-state index is 5.12. The van der Waals surface area contributed by atoms with Crippen LogP contribution in [0.2, 0.25) is 0 Å². The molecule has 0 saturated carbocycles. The molecule has 278 valence electrons. The van der Waals surface area contributed by atoms with Gasteiger partial charge in [0.25, 0.3) is 0 Å². The Morgan fingerprint density at radius 1 is 0.526 bits per heavy atom. The summed E-state index contributed by atoms with van der Waals surface area (Å²) < 4.78 is 4.63. The Hall–Kier alpha value is -6.98. The van der Waals surface area contributed by atoms with Crippen molar-refractivity contribution in [2.45, 2.75) is 40.0 Å². The summed E-state index contributed by atoms with van der Waals surface area (Å²) in [4.78, 5) is 12.5. The van der Waals surface area contributed by atoms with Crippen molar-refractivity contribution in [3.05, 3.63) is 199 Å². The van der Waals surface area contributed by atoms with Crippen molar-refractivity contribution in [1.82, 2.24) is 19.1 Å². The van der Waals surface area contributed by atoms with Crippen LogP contribution in [0.3, 0.4) is 0 Å². The molecule has 0 saturated heterocycles. The third kappa shape index (κ3) is 6.61. The summed E-state index contributed by atoms with van der Waals surface area (Å²) in [6.45, 7) is 11.0. The fraction of sp³-hybridized carbons (Fsp3) is 0.115. The van der Waals surface area contributed by atoms with E-state index in [1.165, 1.54) is 11.1 Å². The predicted octanol–water partition coefficient (Wildman–Crippen LogP) is 13.6. The minimum absolute atomic E-state index is 0.0532. The first kappa shape index (κ1) is 35.7. The second-order valence-corrected chi connectivity index (χ2v) is 15.6. The van der Waals surface area contributed by atoms with E-state index in [2.05, 4.69) is 225 Å². The van der Waals surface area contributed by atoms with Crippen molar-refractivity contribution >= 4 is 28.0 Å². The number of benzene rings is 6. The number of hydrogen-bond acceptors (Lipinski definition) is 3. The smallest absolute Gasteiger partial charge is 0.145 e. The Morgan fingerprint density at radius 3 is 1.81 bits per heavy atom. The van der Waals surface area contributed by atoms with E-state index in [1.807, 2.05) is 6.20 Å². The zero-order chi connectivity index (χ0) is 39.1. The number of para-hydroxylation sites is 2. The molecule has 0 N–H and O–H groups in total. The largest absolute Gasteiger partial charge is 0.310 e. The highest BCUT2D eigenvalue weighted by Gasteiger charge is 2.25. The van der Waals surface area contributed by atoms with Crippen molar-refractivity contribution in [2.75, 3.05) is 4.90 Å². The molecule has 5 heteroatoms. The third-order valence-electron chi connectivity index (χ3n) is 10.9. The molecule has 9 aromatic rings. The molecule has 0 spiro atoms. The van der Waals surface area contributed by atoms with E-state index in [4.69, 9.17) is 9.97 Å². The Kier molecular flexibility index (Phi) is 9.14. The van der Waals surface area contributed by atoms with E-state index in [0.717, 1.165) is 79.1 Å². The third-order valence-corrected chi connectivity index (χ3v) is 10.9. The number of imidazole rings is 1. The zero-order valence-corrected chi connectivity index (χ0v) is 33.1. The Balaban J connectivity index is 1.31. The van der Waals surface area contributed by atoms with Gasteiger partial charge in [-0.15, -0.1) is 0 Å². The van der Waals surface area contributed by atoms with Crippen LogP contribution in [0.5, 0.6) is 0 Å². The number of aromatic nitrogens is 4. The number of rotatable bonds is 8. The molecule has 3 heterocycles. The first-order chi connectivity index (χ1) is 27.8. The molecule has 9 rings (SSSR count). The van der Waals surface area contributed by atoms with Crippen molar-refractivity contribution < 1.29 is 0 Å². The first-order valence-electron chi connectivity index (χ1n) is 19.6. The van der Waals surface area contributed by atoms with E-state index in [1.54, 1.807) is 0 Å². The van der Waals surface area contributed by atoms with Gasteiger partial charge in [0.15, 0.2) is 0 Å². The van der Waals surface area contributed by atoms with Gasteiger partial charge in [-0.3, -0.25) is 9.13 Å². The second-order valence-electron chi connectivity index (χ2n) is 15.6. The summed E-state index contributed by atoms with van der Waals surface area (Å²) in [5, 5.41) is 1.16. The Morgan fingerprint density at radius 2 is 1.12 bits per heavy atom. The summed E-state index contributed by atoms with van der Waals surface area (Å²) in [7, 11) is 0. The van der Waals surface area contributed by atoms with Crippen LogP contribution in [-0.2, 0) is 5.41 Å². The van der Waals surface area contributed by atoms with Crippen LogP contribution < -0.4 is 4.90 Å². The first-order valence-corrected chi connectivity index (χ1v) is 19.6. The number of aryl methyl sites for hydroxylation is 1. The van der Waals surface area contributed by atoms with Gasteiger partial charge in [-0.25, -0.2) is 9.97 Å². The van der Waals surface area contributed by atoms with Gasteiger partial charge in [0.05, 0.1) is 16.9 Å². The Bertz CT molecular complexity index is 2830. The molecule has 0 unspecified atom stereocenters. The predicted molar refractivity (Wildman–Crippen MR) is 237 cm³/mol. The molecule has 0 radical (unpaired) electrons. The molecule has 0 fully saturated rings. The SMILES string of the molecule is Cc1nc(-c2cccc(N(c3ccccc3)c3ccc4c(-c5ccccc5)c(-c5ccccc5)n(-c5cc(C(C)(C)C)ccn5)c4c3)c2)n(-c2ccccc2)c1C. The maximum Gasteiger partial charge on any atom is 0.145 e. The van der Waals surface area contributed by atoms with Gasteiger partial charge in [0, 0.05) is 51.2 Å². The molecular formula is C52H45N5. The van der Waals surface area contributed by atoms with Crippen LogP contribution in [-0.4, -0.2) is 19.1 Å². The van der Waals surface area contributed by atoms with Crippen LogP contribution in [0.4, 0.5) is 17.1 Å². The van der Waals surface area contributed by atoms with Crippen molar-refractivity contribution in [3.63, 3.8) is 0 Å². The lowest BCUT2D eigenvalue weighted by Gasteiger charge is -2.26. The van der Waals surface area contributed by atoms with Gasteiger partial charge in [-0.1, -0.05) is 136 Å². The standard InChI is InChI=1S/C52H45N5/c1-36-37(2)55(42-24-14-8-15-25-42)51(54-36)40-23-18-28-44(33-40)56(43-26-16-9-17-27-43)45-29-30-46-47(35-45)57(48-34-41(31-32-53-48)52(3,4)5)50(39-21-12-7-13-22-39)49(46)38-19-10-6-11-20-38/h6-35H,1-5H3. The van der Waals surface area contributed by atoms with Gasteiger partial charge in [0.1, 0.15) is 11.6 Å². The lowest BCUT2D eigenvalue weighted by atomic mass is 9.88. The van der Waals surface area contributed by atoms with Gasteiger partial charge >= 0.3 is 0 Å². The zero-order valence-electron chi connectivity index (χ0n) is 33.1. The van der Waals surface area contributed by atoms with Crippen LogP contribution in [0.15, 0.2) is 182 Å². The number of nitrogens with zero attached hydrogens (tertiary/aromatic N) is 5. The lowest BCUT2D eigenvalue weighted by molar-refractivity contribution is 0.588. The second kappa shape index (κ2) is 14.6. The summed E-state index contributed by atoms with van der Waals surface area (Å²) >= 11 is 0. The van der Waals surface area contributed by atoms with E-state index in [-0.39, 0.29) is 5.41 Å². The monoisotopic (exact) mass is 739 g/mol. The highest BCUT2D eigenvalue weighted by molar-refractivity contribution is 6.07. The molecule has 0 aliphatic rings. The molecule has 0 atom stereocenters. The molecule has 3 aromatic heterocycles. The van der Waals surface area contributed by atoms with Crippen LogP contribution in [0.25, 0.3) is 56.2 Å². The highest BCUT2D eigenvalue weighted by atomic mass is 15.2. The molecule has 0 aliphatic carbocycles. The fourth-order valence-corrected chi connectivity index (χ4v) is 7.93. The van der Waals surface area contributed by atoms with Crippen molar-refractivity contribution in [1.29, 1.82) is 0 Å². The summed E-state index contributed by atoms with van der Waals surface area (Å²) in [6.07, 6.45) is 1.95. The van der Waals surface area contributed by atoms with Crippen molar-refractivity contribution in [2.24, 2.45) is 0 Å². The van der Waals surface area contributed by atoms with Crippen LogP contribution in [0, 0.1) is 13.8 Å². The van der Waals surface area contributed by atoms with Gasteiger partial charge in [-0.05, 0) is 96.6 Å². The van der Waals surface area contributed by atoms with E-state index in [9.17, 15) is 0 Å². The van der Waals surface area contributed by atoms with Crippen LogP contribution >= 0.6 is 0 Å². The summed E-state index contributed by atoms with van der Waals surface area (Å²) in [6, 6.07) is 62.6. The molecule has 0 amide bonds. The minimum atomic E-state index is -0.0532. The number of anilines is 3.